The van der Waals surface area contributed by atoms with Crippen LogP contribution in [-0.4, -0.2) is 5.78 Å². The molecule has 0 aliphatic heterocycles. The Kier molecular flexibility index (Phi) is 3.75. The van der Waals surface area contributed by atoms with E-state index in [1.807, 2.05) is 6.07 Å². The molecule has 0 atom stereocenters. The van der Waals surface area contributed by atoms with Gasteiger partial charge in [0.15, 0.2) is 5.78 Å². The molecule has 0 N–H and O–H groups in total. The van der Waals surface area contributed by atoms with E-state index in [0.717, 1.165) is 5.56 Å². The van der Waals surface area contributed by atoms with Crippen molar-refractivity contribution in [1.29, 1.82) is 0 Å². The summed E-state index contributed by atoms with van der Waals surface area (Å²) in [5.41, 5.74) is 3.41. The number of benzene rings is 2. The topological polar surface area (TPSA) is 17.1 Å². The molecule has 2 rings (SSSR count). The molecule has 0 amide bonds. The molecule has 0 aliphatic rings. The SMILES string of the molecule is CC(=O)c1ccc2c(C(C)C)cccc2c1C(C)C. The maximum atomic E-state index is 11.8. The van der Waals surface area contributed by atoms with Crippen LogP contribution in [0.2, 0.25) is 0 Å². The van der Waals surface area contributed by atoms with Gasteiger partial charge in [-0.2, -0.15) is 0 Å². The molecule has 2 aromatic carbocycles. The largest absolute Gasteiger partial charge is 0.295 e. The number of hydrogen-bond acceptors (Lipinski definition) is 1. The van der Waals surface area contributed by atoms with Crippen molar-refractivity contribution in [3.63, 3.8) is 0 Å². The van der Waals surface area contributed by atoms with Gasteiger partial charge in [-0.1, -0.05) is 58.0 Å². The highest BCUT2D eigenvalue weighted by Crippen LogP contribution is 2.33. The van der Waals surface area contributed by atoms with Gasteiger partial charge in [0.1, 0.15) is 0 Å². The summed E-state index contributed by atoms with van der Waals surface area (Å²) in [7, 11) is 0. The van der Waals surface area contributed by atoms with E-state index in [0.29, 0.717) is 11.8 Å². The van der Waals surface area contributed by atoms with E-state index >= 15 is 0 Å². The molecular formula is C18H22O. The molecule has 0 unspecified atom stereocenters. The van der Waals surface area contributed by atoms with Crippen molar-refractivity contribution in [1.82, 2.24) is 0 Å². The highest BCUT2D eigenvalue weighted by Gasteiger charge is 2.16. The second-order valence-corrected chi connectivity index (χ2v) is 5.83. The maximum absolute atomic E-state index is 11.8. The number of ketones is 1. The average Bonchev–Trinajstić information content (AvgIpc) is 2.35. The van der Waals surface area contributed by atoms with Crippen molar-refractivity contribution in [3.8, 4) is 0 Å². The van der Waals surface area contributed by atoms with Gasteiger partial charge >= 0.3 is 0 Å². The van der Waals surface area contributed by atoms with Crippen LogP contribution in [0.3, 0.4) is 0 Å². The summed E-state index contributed by atoms with van der Waals surface area (Å²) in [5.74, 6) is 0.998. The first-order valence-corrected chi connectivity index (χ1v) is 7.00. The second kappa shape index (κ2) is 5.16. The predicted octanol–water partition coefficient (Wildman–Crippen LogP) is 5.29. The zero-order chi connectivity index (χ0) is 14.2. The molecule has 0 saturated carbocycles. The van der Waals surface area contributed by atoms with E-state index in [-0.39, 0.29) is 5.78 Å². The number of carbonyl (C=O) groups is 1. The molecule has 0 radical (unpaired) electrons. The van der Waals surface area contributed by atoms with E-state index in [1.54, 1.807) is 6.92 Å². The predicted molar refractivity (Wildman–Crippen MR) is 82.1 cm³/mol. The Bertz CT molecular complexity index is 621. The van der Waals surface area contributed by atoms with Crippen LogP contribution in [-0.2, 0) is 0 Å². The molecule has 1 nitrogen and oxygen atoms in total. The fraction of sp³-hybridized carbons (Fsp3) is 0.389. The van der Waals surface area contributed by atoms with Gasteiger partial charge in [0.25, 0.3) is 0 Å². The van der Waals surface area contributed by atoms with E-state index in [4.69, 9.17) is 0 Å². The van der Waals surface area contributed by atoms with Crippen LogP contribution < -0.4 is 0 Å². The summed E-state index contributed by atoms with van der Waals surface area (Å²) in [6.45, 7) is 10.4. The van der Waals surface area contributed by atoms with Gasteiger partial charge < -0.3 is 0 Å². The monoisotopic (exact) mass is 254 g/mol. The van der Waals surface area contributed by atoms with Crippen molar-refractivity contribution >= 4 is 16.6 Å². The number of Topliss-reactive ketones (excluding diaryl/α,β-unsaturated/α-hetero) is 1. The third kappa shape index (κ3) is 2.42. The normalized spacial score (nSPS) is 11.5. The summed E-state index contributed by atoms with van der Waals surface area (Å²) in [5, 5.41) is 2.51. The first-order valence-electron chi connectivity index (χ1n) is 7.00. The van der Waals surface area contributed by atoms with Crippen LogP contribution in [0.25, 0.3) is 10.8 Å². The van der Waals surface area contributed by atoms with Gasteiger partial charge in [0.2, 0.25) is 0 Å². The Labute approximate surface area is 115 Å². The molecule has 0 bridgehead atoms. The molecule has 2 aromatic rings. The number of carbonyl (C=O) groups excluding carboxylic acids is 1. The van der Waals surface area contributed by atoms with Crippen LogP contribution in [0.5, 0.6) is 0 Å². The van der Waals surface area contributed by atoms with Crippen LogP contribution >= 0.6 is 0 Å². The molecule has 1 heteroatoms. The second-order valence-electron chi connectivity index (χ2n) is 5.83. The van der Waals surface area contributed by atoms with Crippen molar-refractivity contribution in [2.45, 2.75) is 46.5 Å². The minimum absolute atomic E-state index is 0.153. The molecular weight excluding hydrogens is 232 g/mol. The van der Waals surface area contributed by atoms with Gasteiger partial charge in [-0.15, -0.1) is 0 Å². The van der Waals surface area contributed by atoms with Crippen molar-refractivity contribution in [2.24, 2.45) is 0 Å². The third-order valence-corrected chi connectivity index (χ3v) is 3.72. The Morgan fingerprint density at radius 1 is 0.895 bits per heavy atom. The van der Waals surface area contributed by atoms with E-state index in [2.05, 4.69) is 52.0 Å². The van der Waals surface area contributed by atoms with Gasteiger partial charge in [-0.3, -0.25) is 4.79 Å². The Balaban J connectivity index is 2.87. The Morgan fingerprint density at radius 3 is 2.11 bits per heavy atom. The maximum Gasteiger partial charge on any atom is 0.160 e. The molecule has 0 saturated heterocycles. The lowest BCUT2D eigenvalue weighted by Crippen LogP contribution is -2.03. The van der Waals surface area contributed by atoms with Crippen LogP contribution in [0.15, 0.2) is 30.3 Å². The van der Waals surface area contributed by atoms with Crippen LogP contribution in [0.1, 0.15) is 67.9 Å². The number of hydrogen-bond donors (Lipinski definition) is 0. The van der Waals surface area contributed by atoms with Gasteiger partial charge in [0, 0.05) is 5.56 Å². The lowest BCUT2D eigenvalue weighted by molar-refractivity contribution is 0.101. The van der Waals surface area contributed by atoms with E-state index < -0.39 is 0 Å². The molecule has 19 heavy (non-hydrogen) atoms. The van der Waals surface area contributed by atoms with E-state index in [9.17, 15) is 4.79 Å². The Hall–Kier alpha value is -1.63. The summed E-state index contributed by atoms with van der Waals surface area (Å²) < 4.78 is 0. The quantitative estimate of drug-likeness (QED) is 0.680. The standard InChI is InChI=1S/C18H22O/c1-11(2)14-7-6-8-17-16(14)10-9-15(13(5)19)18(17)12(3)4/h6-12H,1-5H3. The molecule has 100 valence electrons. The highest BCUT2D eigenvalue weighted by molar-refractivity contribution is 6.02. The Morgan fingerprint density at radius 2 is 1.58 bits per heavy atom. The third-order valence-electron chi connectivity index (χ3n) is 3.72. The fourth-order valence-electron chi connectivity index (χ4n) is 2.84. The molecule has 0 aromatic heterocycles. The first-order chi connectivity index (χ1) is 8.93. The molecule has 0 heterocycles. The summed E-state index contributed by atoms with van der Waals surface area (Å²) in [6, 6.07) is 10.5. The lowest BCUT2D eigenvalue weighted by Gasteiger charge is -2.17. The smallest absolute Gasteiger partial charge is 0.160 e. The summed E-state index contributed by atoms with van der Waals surface area (Å²) in [4.78, 5) is 11.8. The highest BCUT2D eigenvalue weighted by atomic mass is 16.1. The zero-order valence-electron chi connectivity index (χ0n) is 12.4. The van der Waals surface area contributed by atoms with Gasteiger partial charge in [-0.05, 0) is 40.7 Å². The van der Waals surface area contributed by atoms with Crippen molar-refractivity contribution < 1.29 is 4.79 Å². The fourth-order valence-corrected chi connectivity index (χ4v) is 2.84. The van der Waals surface area contributed by atoms with Crippen molar-refractivity contribution in [2.75, 3.05) is 0 Å². The lowest BCUT2D eigenvalue weighted by atomic mass is 9.86. The van der Waals surface area contributed by atoms with Crippen LogP contribution in [0, 0.1) is 0 Å². The number of rotatable bonds is 3. The van der Waals surface area contributed by atoms with Gasteiger partial charge in [0.05, 0.1) is 0 Å². The number of fused-ring (bicyclic) bond motifs is 1. The summed E-state index contributed by atoms with van der Waals surface area (Å²) in [6.07, 6.45) is 0. The molecule has 0 fully saturated rings. The van der Waals surface area contributed by atoms with Gasteiger partial charge in [-0.25, -0.2) is 0 Å². The first kappa shape index (κ1) is 13.8. The summed E-state index contributed by atoms with van der Waals surface area (Å²) >= 11 is 0. The minimum Gasteiger partial charge on any atom is -0.295 e. The zero-order valence-corrected chi connectivity index (χ0v) is 12.4. The van der Waals surface area contributed by atoms with Crippen molar-refractivity contribution in [3.05, 3.63) is 47.0 Å². The van der Waals surface area contributed by atoms with E-state index in [1.165, 1.54) is 21.9 Å². The minimum atomic E-state index is 0.153. The molecule has 0 aliphatic carbocycles. The molecule has 0 spiro atoms. The average molecular weight is 254 g/mol. The van der Waals surface area contributed by atoms with Crippen LogP contribution in [0.4, 0.5) is 0 Å².